The number of hydrogen-bond acceptors (Lipinski definition) is 5. The Bertz CT molecular complexity index is 925. The lowest BCUT2D eigenvalue weighted by atomic mass is 10.0. The third kappa shape index (κ3) is 2.99. The van der Waals surface area contributed by atoms with Gasteiger partial charge in [0.1, 0.15) is 12.4 Å². The number of aryl methyl sites for hydroxylation is 1. The molecule has 0 bridgehead atoms. The summed E-state index contributed by atoms with van der Waals surface area (Å²) in [4.78, 5) is 33.4. The van der Waals surface area contributed by atoms with Crippen molar-refractivity contribution in [1.29, 1.82) is 0 Å². The van der Waals surface area contributed by atoms with Crippen LogP contribution in [0.2, 0.25) is 0 Å². The van der Waals surface area contributed by atoms with E-state index in [1.54, 1.807) is 30.9 Å². The Hall–Kier alpha value is -3.09. The number of nitrogens with two attached hydrogens (primary N) is 1. The first-order chi connectivity index (χ1) is 12.9. The molecule has 1 aromatic heterocycles. The number of para-hydroxylation sites is 1. The second kappa shape index (κ2) is 6.26. The van der Waals surface area contributed by atoms with Crippen LogP contribution in [0.25, 0.3) is 0 Å². The standard InChI is InChI=1S/C20H22N4O3/c1-20(2)19(26)24(18-15(27-20)9-10-16(21)22-18)12-17(25)23-11-5-7-13-6-3-4-8-14(13)23/h3-4,6,8-10H,5,7,11-12H2,1-2H3,(H2,21,22). The molecule has 0 unspecified atom stereocenters. The van der Waals surface area contributed by atoms with Gasteiger partial charge in [0.05, 0.1) is 0 Å². The molecule has 0 aliphatic carbocycles. The Labute approximate surface area is 157 Å². The molecule has 2 aliphatic rings. The smallest absolute Gasteiger partial charge is 0.272 e. The summed E-state index contributed by atoms with van der Waals surface area (Å²) >= 11 is 0. The van der Waals surface area contributed by atoms with Crippen LogP contribution >= 0.6 is 0 Å². The molecule has 1 aromatic carbocycles. The molecule has 2 aliphatic heterocycles. The molecule has 2 N–H and O–H groups in total. The zero-order valence-corrected chi connectivity index (χ0v) is 15.4. The Morgan fingerprint density at radius 1 is 1.26 bits per heavy atom. The molecule has 0 radical (unpaired) electrons. The van der Waals surface area contributed by atoms with Crippen molar-refractivity contribution < 1.29 is 14.3 Å². The average Bonchev–Trinajstić information content (AvgIpc) is 2.65. The van der Waals surface area contributed by atoms with Crippen LogP contribution < -0.4 is 20.3 Å². The average molecular weight is 366 g/mol. The molecular formula is C20H22N4O3. The van der Waals surface area contributed by atoms with Crippen LogP contribution in [0.4, 0.5) is 17.3 Å². The highest BCUT2D eigenvalue weighted by atomic mass is 16.5. The van der Waals surface area contributed by atoms with Gasteiger partial charge in [0.25, 0.3) is 5.91 Å². The van der Waals surface area contributed by atoms with Crippen molar-refractivity contribution in [3.63, 3.8) is 0 Å². The largest absolute Gasteiger partial charge is 0.474 e. The van der Waals surface area contributed by atoms with E-state index in [4.69, 9.17) is 10.5 Å². The van der Waals surface area contributed by atoms with Gasteiger partial charge in [-0.3, -0.25) is 14.5 Å². The summed E-state index contributed by atoms with van der Waals surface area (Å²) in [6.07, 6.45) is 1.84. The van der Waals surface area contributed by atoms with Gasteiger partial charge in [-0.1, -0.05) is 18.2 Å². The maximum absolute atomic E-state index is 13.1. The first-order valence-electron chi connectivity index (χ1n) is 9.02. The molecule has 2 amide bonds. The van der Waals surface area contributed by atoms with Crippen LogP contribution in [-0.2, 0) is 16.0 Å². The van der Waals surface area contributed by atoms with E-state index in [1.807, 2.05) is 24.3 Å². The number of anilines is 3. The normalized spacial score (nSPS) is 17.8. The third-order valence-electron chi connectivity index (χ3n) is 4.95. The van der Waals surface area contributed by atoms with Crippen LogP contribution in [0.1, 0.15) is 25.8 Å². The number of hydrogen-bond donors (Lipinski definition) is 1. The van der Waals surface area contributed by atoms with E-state index in [9.17, 15) is 9.59 Å². The Morgan fingerprint density at radius 3 is 2.85 bits per heavy atom. The number of rotatable bonds is 2. The molecular weight excluding hydrogens is 344 g/mol. The molecule has 3 heterocycles. The summed E-state index contributed by atoms with van der Waals surface area (Å²) in [5.41, 5.74) is 6.77. The molecule has 0 atom stereocenters. The Morgan fingerprint density at radius 2 is 2.04 bits per heavy atom. The quantitative estimate of drug-likeness (QED) is 0.880. The van der Waals surface area contributed by atoms with Crippen molar-refractivity contribution in [1.82, 2.24) is 4.98 Å². The Balaban J connectivity index is 1.67. The van der Waals surface area contributed by atoms with Gasteiger partial charge >= 0.3 is 0 Å². The molecule has 4 rings (SSSR count). The van der Waals surface area contributed by atoms with E-state index in [-0.39, 0.29) is 30.0 Å². The lowest BCUT2D eigenvalue weighted by Gasteiger charge is -2.38. The number of carbonyl (C=O) groups excluding carboxylic acids is 2. The van der Waals surface area contributed by atoms with Gasteiger partial charge in [-0.2, -0.15) is 0 Å². The highest BCUT2D eigenvalue weighted by molar-refractivity contribution is 6.08. The van der Waals surface area contributed by atoms with Gasteiger partial charge < -0.3 is 15.4 Å². The van der Waals surface area contributed by atoms with Gasteiger partial charge in [-0.25, -0.2) is 4.98 Å². The van der Waals surface area contributed by atoms with Gasteiger partial charge in [-0.15, -0.1) is 0 Å². The van der Waals surface area contributed by atoms with Crippen molar-refractivity contribution in [3.05, 3.63) is 42.0 Å². The number of nitrogen functional groups attached to an aromatic ring is 1. The number of fused-ring (bicyclic) bond motifs is 2. The van der Waals surface area contributed by atoms with Crippen LogP contribution in [0.15, 0.2) is 36.4 Å². The second-order valence-corrected chi connectivity index (χ2v) is 7.34. The Kier molecular flexibility index (Phi) is 4.02. The minimum Gasteiger partial charge on any atom is -0.474 e. The molecule has 7 heteroatoms. The molecule has 7 nitrogen and oxygen atoms in total. The fraction of sp³-hybridized carbons (Fsp3) is 0.350. The maximum atomic E-state index is 13.1. The highest BCUT2D eigenvalue weighted by Gasteiger charge is 2.43. The summed E-state index contributed by atoms with van der Waals surface area (Å²) < 4.78 is 5.77. The number of ether oxygens (including phenoxy) is 1. The fourth-order valence-electron chi connectivity index (χ4n) is 3.62. The van der Waals surface area contributed by atoms with Gasteiger partial charge in [0.2, 0.25) is 5.91 Å². The topological polar surface area (TPSA) is 88.8 Å². The van der Waals surface area contributed by atoms with Crippen LogP contribution in [0.5, 0.6) is 5.75 Å². The zero-order valence-electron chi connectivity index (χ0n) is 15.4. The van der Waals surface area contributed by atoms with Crippen LogP contribution in [-0.4, -0.2) is 35.5 Å². The second-order valence-electron chi connectivity index (χ2n) is 7.34. The minimum absolute atomic E-state index is 0.108. The minimum atomic E-state index is -1.08. The van der Waals surface area contributed by atoms with Gasteiger partial charge in [0, 0.05) is 12.2 Å². The lowest BCUT2D eigenvalue weighted by Crippen LogP contribution is -2.56. The number of benzene rings is 1. The van der Waals surface area contributed by atoms with Crippen molar-refractivity contribution in [2.75, 3.05) is 28.6 Å². The number of carbonyl (C=O) groups is 2. The summed E-state index contributed by atoms with van der Waals surface area (Å²) in [6.45, 7) is 3.89. The summed E-state index contributed by atoms with van der Waals surface area (Å²) in [5.74, 6) is 0.541. The molecule has 0 fully saturated rings. The first kappa shape index (κ1) is 17.3. The molecule has 27 heavy (non-hydrogen) atoms. The van der Waals surface area contributed by atoms with Crippen molar-refractivity contribution in [3.8, 4) is 5.75 Å². The third-order valence-corrected chi connectivity index (χ3v) is 4.95. The SMILES string of the molecule is CC1(C)Oc2ccc(N)nc2N(CC(=O)N2CCCc3ccccc32)C1=O. The number of nitrogens with zero attached hydrogens (tertiary/aromatic N) is 3. The molecule has 0 spiro atoms. The number of amides is 2. The van der Waals surface area contributed by atoms with E-state index < -0.39 is 5.60 Å². The van der Waals surface area contributed by atoms with E-state index >= 15 is 0 Å². The predicted molar refractivity (Wildman–Crippen MR) is 103 cm³/mol. The van der Waals surface area contributed by atoms with Crippen molar-refractivity contribution in [2.24, 2.45) is 0 Å². The zero-order chi connectivity index (χ0) is 19.2. The number of pyridine rings is 1. The van der Waals surface area contributed by atoms with E-state index in [0.29, 0.717) is 12.3 Å². The molecule has 0 saturated heterocycles. The van der Waals surface area contributed by atoms with Gasteiger partial charge in [0.15, 0.2) is 17.2 Å². The maximum Gasteiger partial charge on any atom is 0.272 e. The van der Waals surface area contributed by atoms with Crippen molar-refractivity contribution >= 4 is 29.1 Å². The summed E-state index contributed by atoms with van der Waals surface area (Å²) in [7, 11) is 0. The van der Waals surface area contributed by atoms with Gasteiger partial charge in [-0.05, 0) is 50.5 Å². The predicted octanol–water partition coefficient (Wildman–Crippen LogP) is 2.15. The van der Waals surface area contributed by atoms with E-state index in [1.165, 1.54) is 4.90 Å². The molecule has 2 aromatic rings. The fourth-order valence-corrected chi connectivity index (χ4v) is 3.62. The van der Waals surface area contributed by atoms with E-state index in [0.717, 1.165) is 24.1 Å². The highest BCUT2D eigenvalue weighted by Crippen LogP contribution is 2.37. The van der Waals surface area contributed by atoms with Crippen LogP contribution in [0, 0.1) is 0 Å². The molecule has 140 valence electrons. The summed E-state index contributed by atoms with van der Waals surface area (Å²) in [5, 5.41) is 0. The van der Waals surface area contributed by atoms with E-state index in [2.05, 4.69) is 4.98 Å². The molecule has 0 saturated carbocycles. The number of aromatic nitrogens is 1. The van der Waals surface area contributed by atoms with Crippen molar-refractivity contribution in [2.45, 2.75) is 32.3 Å². The lowest BCUT2D eigenvalue weighted by molar-refractivity contribution is -0.134. The monoisotopic (exact) mass is 366 g/mol. The van der Waals surface area contributed by atoms with Crippen LogP contribution in [0.3, 0.4) is 0 Å². The summed E-state index contributed by atoms with van der Waals surface area (Å²) in [6, 6.07) is 11.2. The first-order valence-corrected chi connectivity index (χ1v) is 9.02.